The molecule has 0 spiro atoms. The number of nitrogens with one attached hydrogen (secondary N) is 1. The van der Waals surface area contributed by atoms with Crippen molar-refractivity contribution in [2.75, 3.05) is 37.4 Å². The number of hydrogen-bond acceptors (Lipinski definition) is 4. The Morgan fingerprint density at radius 1 is 1.07 bits per heavy atom. The zero-order chi connectivity index (χ0) is 21.3. The van der Waals surface area contributed by atoms with Crippen molar-refractivity contribution in [1.29, 1.82) is 0 Å². The SMILES string of the molecule is O=C(c1ccc(Cl)c(S(=O)(=O)Nc2ccc(F)cc2)c1)N1CCN(CC2CC2)CC1. The number of benzene rings is 2. The van der Waals surface area contributed by atoms with Crippen LogP contribution in [0.2, 0.25) is 5.02 Å². The molecule has 0 bridgehead atoms. The maximum Gasteiger partial charge on any atom is 0.263 e. The molecule has 1 amide bonds. The summed E-state index contributed by atoms with van der Waals surface area (Å²) in [5.74, 6) is 0.127. The van der Waals surface area contributed by atoms with Gasteiger partial charge in [-0.1, -0.05) is 11.6 Å². The Hall–Kier alpha value is -2.16. The highest BCUT2D eigenvalue weighted by molar-refractivity contribution is 7.92. The highest BCUT2D eigenvalue weighted by atomic mass is 35.5. The molecule has 0 radical (unpaired) electrons. The number of anilines is 1. The van der Waals surface area contributed by atoms with Gasteiger partial charge in [-0.2, -0.15) is 0 Å². The molecule has 1 aliphatic heterocycles. The van der Waals surface area contributed by atoms with Gasteiger partial charge in [0.2, 0.25) is 0 Å². The van der Waals surface area contributed by atoms with E-state index in [9.17, 15) is 17.6 Å². The van der Waals surface area contributed by atoms with Gasteiger partial charge in [-0.05, 0) is 61.2 Å². The summed E-state index contributed by atoms with van der Waals surface area (Å²) < 4.78 is 41.0. The lowest BCUT2D eigenvalue weighted by molar-refractivity contribution is 0.0632. The largest absolute Gasteiger partial charge is 0.336 e. The van der Waals surface area contributed by atoms with Crippen molar-refractivity contribution in [2.45, 2.75) is 17.7 Å². The molecule has 2 aliphatic rings. The van der Waals surface area contributed by atoms with Gasteiger partial charge in [0.15, 0.2) is 0 Å². The molecule has 1 saturated carbocycles. The number of hydrogen-bond donors (Lipinski definition) is 1. The molecule has 2 aromatic carbocycles. The lowest BCUT2D eigenvalue weighted by Gasteiger charge is -2.34. The molecule has 2 fully saturated rings. The molecular formula is C21H23ClFN3O3S. The smallest absolute Gasteiger partial charge is 0.263 e. The Bertz CT molecular complexity index is 1030. The van der Waals surface area contributed by atoms with Gasteiger partial charge in [-0.25, -0.2) is 12.8 Å². The van der Waals surface area contributed by atoms with Crippen LogP contribution in [-0.4, -0.2) is 56.8 Å². The van der Waals surface area contributed by atoms with Crippen molar-refractivity contribution in [2.24, 2.45) is 5.92 Å². The molecule has 2 aromatic rings. The van der Waals surface area contributed by atoms with Crippen LogP contribution in [0.15, 0.2) is 47.4 Å². The van der Waals surface area contributed by atoms with Crippen molar-refractivity contribution >= 4 is 33.2 Å². The second-order valence-electron chi connectivity index (χ2n) is 7.79. The number of carbonyl (C=O) groups excluding carboxylic acids is 1. The number of nitrogens with zero attached hydrogens (tertiary/aromatic N) is 2. The fourth-order valence-electron chi connectivity index (χ4n) is 3.55. The van der Waals surface area contributed by atoms with Gasteiger partial charge in [-0.3, -0.25) is 14.4 Å². The van der Waals surface area contributed by atoms with Gasteiger partial charge in [0.1, 0.15) is 10.7 Å². The van der Waals surface area contributed by atoms with Gasteiger partial charge in [-0.15, -0.1) is 0 Å². The first-order chi connectivity index (χ1) is 14.3. The number of piperazine rings is 1. The van der Waals surface area contributed by atoms with Crippen LogP contribution < -0.4 is 4.72 Å². The molecule has 1 saturated heterocycles. The Labute approximate surface area is 180 Å². The van der Waals surface area contributed by atoms with Gasteiger partial charge >= 0.3 is 0 Å². The van der Waals surface area contributed by atoms with Crippen LogP contribution in [0.3, 0.4) is 0 Å². The van der Waals surface area contributed by atoms with Crippen LogP contribution >= 0.6 is 11.6 Å². The third-order valence-electron chi connectivity index (χ3n) is 5.44. The predicted molar refractivity (Wildman–Crippen MR) is 114 cm³/mol. The van der Waals surface area contributed by atoms with Gasteiger partial charge < -0.3 is 4.90 Å². The number of rotatable bonds is 6. The number of halogens is 2. The second-order valence-corrected chi connectivity index (χ2v) is 9.85. The Morgan fingerprint density at radius 2 is 1.73 bits per heavy atom. The van der Waals surface area contributed by atoms with Gasteiger partial charge in [0.05, 0.1) is 5.02 Å². The van der Waals surface area contributed by atoms with Crippen LogP contribution in [0.25, 0.3) is 0 Å². The molecule has 0 atom stereocenters. The number of carbonyl (C=O) groups is 1. The highest BCUT2D eigenvalue weighted by Crippen LogP contribution is 2.30. The van der Waals surface area contributed by atoms with Crippen molar-refractivity contribution in [3.63, 3.8) is 0 Å². The standard InChI is InChI=1S/C21H23ClFN3O3S/c22-19-8-3-16(21(27)26-11-9-25(10-12-26)14-15-1-2-15)13-20(19)30(28,29)24-18-6-4-17(23)5-7-18/h3-8,13,15,24H,1-2,9-12,14H2. The molecule has 1 heterocycles. The quantitative estimate of drug-likeness (QED) is 0.730. The molecule has 160 valence electrons. The first kappa shape index (κ1) is 21.1. The van der Waals surface area contributed by atoms with E-state index in [4.69, 9.17) is 11.6 Å². The van der Waals surface area contributed by atoms with E-state index in [1.165, 1.54) is 43.2 Å². The van der Waals surface area contributed by atoms with Gasteiger partial charge in [0.25, 0.3) is 15.9 Å². The summed E-state index contributed by atoms with van der Waals surface area (Å²) in [5, 5.41) is 0.00964. The highest BCUT2D eigenvalue weighted by Gasteiger charge is 2.28. The van der Waals surface area contributed by atoms with E-state index >= 15 is 0 Å². The zero-order valence-electron chi connectivity index (χ0n) is 16.4. The molecule has 6 nitrogen and oxygen atoms in total. The third kappa shape index (κ3) is 4.94. The molecule has 0 unspecified atom stereocenters. The minimum atomic E-state index is -4.04. The minimum Gasteiger partial charge on any atom is -0.336 e. The molecule has 4 rings (SSSR count). The van der Waals surface area contributed by atoms with E-state index in [0.29, 0.717) is 13.1 Å². The zero-order valence-corrected chi connectivity index (χ0v) is 17.9. The monoisotopic (exact) mass is 451 g/mol. The molecule has 1 N–H and O–H groups in total. The summed E-state index contributed by atoms with van der Waals surface area (Å²) in [6, 6.07) is 9.20. The van der Waals surface area contributed by atoms with E-state index in [-0.39, 0.29) is 27.1 Å². The summed E-state index contributed by atoms with van der Waals surface area (Å²) in [6.07, 6.45) is 2.60. The summed E-state index contributed by atoms with van der Waals surface area (Å²) in [7, 11) is -4.04. The van der Waals surface area contributed by atoms with Crippen molar-refractivity contribution < 1.29 is 17.6 Å². The van der Waals surface area contributed by atoms with E-state index < -0.39 is 15.8 Å². The number of sulfonamides is 1. The van der Waals surface area contributed by atoms with Crippen molar-refractivity contribution in [3.05, 3.63) is 58.9 Å². The lowest BCUT2D eigenvalue weighted by atomic mass is 10.1. The lowest BCUT2D eigenvalue weighted by Crippen LogP contribution is -2.49. The molecule has 9 heteroatoms. The first-order valence-corrected chi connectivity index (χ1v) is 11.8. The topological polar surface area (TPSA) is 69.7 Å². The molecule has 30 heavy (non-hydrogen) atoms. The summed E-state index contributed by atoms with van der Waals surface area (Å²) in [5.41, 5.74) is 0.477. The van der Waals surface area contributed by atoms with Crippen LogP contribution in [0.4, 0.5) is 10.1 Å². The average Bonchev–Trinajstić information content (AvgIpc) is 3.54. The summed E-state index contributed by atoms with van der Waals surface area (Å²) >= 11 is 6.13. The van der Waals surface area contributed by atoms with E-state index in [1.54, 1.807) is 4.90 Å². The van der Waals surface area contributed by atoms with E-state index in [0.717, 1.165) is 37.7 Å². The summed E-state index contributed by atoms with van der Waals surface area (Å²) in [4.78, 5) is 16.9. The maximum absolute atomic E-state index is 13.1. The van der Waals surface area contributed by atoms with Gasteiger partial charge in [0, 0.05) is 44.0 Å². The molecule has 0 aromatic heterocycles. The minimum absolute atomic E-state index is 0.00964. The second kappa shape index (κ2) is 8.53. The maximum atomic E-state index is 13.1. The first-order valence-electron chi connectivity index (χ1n) is 9.91. The van der Waals surface area contributed by atoms with Crippen LogP contribution in [0, 0.1) is 11.7 Å². The normalized spacial score (nSPS) is 17.7. The van der Waals surface area contributed by atoms with Crippen molar-refractivity contribution in [1.82, 2.24) is 9.80 Å². The van der Waals surface area contributed by atoms with E-state index in [1.807, 2.05) is 0 Å². The van der Waals surface area contributed by atoms with Crippen LogP contribution in [0.5, 0.6) is 0 Å². The molecular weight excluding hydrogens is 429 g/mol. The predicted octanol–water partition coefficient (Wildman–Crippen LogP) is 3.45. The molecule has 1 aliphatic carbocycles. The Balaban J connectivity index is 1.48. The van der Waals surface area contributed by atoms with E-state index in [2.05, 4.69) is 9.62 Å². The van der Waals surface area contributed by atoms with Crippen LogP contribution in [0.1, 0.15) is 23.2 Å². The van der Waals surface area contributed by atoms with Crippen LogP contribution in [-0.2, 0) is 10.0 Å². The Kier molecular flexibility index (Phi) is 5.99. The fourth-order valence-corrected chi connectivity index (χ4v) is 5.14. The average molecular weight is 452 g/mol. The summed E-state index contributed by atoms with van der Waals surface area (Å²) in [6.45, 7) is 3.98. The fraction of sp³-hybridized carbons (Fsp3) is 0.381. The Morgan fingerprint density at radius 3 is 2.37 bits per heavy atom. The number of amides is 1. The third-order valence-corrected chi connectivity index (χ3v) is 7.30. The van der Waals surface area contributed by atoms with Crippen molar-refractivity contribution in [3.8, 4) is 0 Å².